The molecule has 0 bridgehead atoms. The molecule has 0 radical (unpaired) electrons. The van der Waals surface area contributed by atoms with Crippen molar-refractivity contribution < 1.29 is 0 Å². The van der Waals surface area contributed by atoms with Crippen molar-refractivity contribution in [3.8, 4) is 55.6 Å². The van der Waals surface area contributed by atoms with Gasteiger partial charge in [-0.15, -0.1) is 11.3 Å². The standard InChI is InChI=1S/C58H39NS/c1-2-14-40(15-3-1)41-28-30-44(31-29-41)51-21-6-9-25-55(51)59(48-35-32-42(33-36-48)45-34-37-58-54(39-45)53-23-8-11-27-57(53)60-58)56-26-10-7-22-52(56)47-19-12-18-46(38-47)50-24-13-17-43-16-4-5-20-49(43)50/h1-39H. The molecule has 0 fully saturated rings. The molecule has 1 aromatic heterocycles. The van der Waals surface area contributed by atoms with E-state index in [1.165, 1.54) is 75.5 Å². The predicted molar refractivity (Wildman–Crippen MR) is 259 cm³/mol. The summed E-state index contributed by atoms with van der Waals surface area (Å²) < 4.78 is 2.64. The largest absolute Gasteiger partial charge is 0.309 e. The molecular weight excluding hydrogens is 743 g/mol. The van der Waals surface area contributed by atoms with Gasteiger partial charge in [-0.3, -0.25) is 0 Å². The van der Waals surface area contributed by atoms with Gasteiger partial charge in [0.15, 0.2) is 0 Å². The summed E-state index contributed by atoms with van der Waals surface area (Å²) in [4.78, 5) is 2.44. The molecule has 11 aromatic rings. The Labute approximate surface area is 354 Å². The van der Waals surface area contributed by atoms with Crippen LogP contribution in [0.25, 0.3) is 86.6 Å². The number of nitrogens with zero attached hydrogens (tertiary/aromatic N) is 1. The molecule has 60 heavy (non-hydrogen) atoms. The molecule has 0 unspecified atom stereocenters. The first-order valence-electron chi connectivity index (χ1n) is 20.5. The molecular formula is C58H39NS. The average molecular weight is 782 g/mol. The zero-order chi connectivity index (χ0) is 39.8. The summed E-state index contributed by atoms with van der Waals surface area (Å²) in [5, 5.41) is 5.13. The van der Waals surface area contributed by atoms with Crippen LogP contribution in [0.4, 0.5) is 17.1 Å². The molecule has 0 saturated heterocycles. The van der Waals surface area contributed by atoms with Crippen molar-refractivity contribution in [3.63, 3.8) is 0 Å². The third-order valence-electron chi connectivity index (χ3n) is 11.7. The smallest absolute Gasteiger partial charge is 0.0540 e. The highest BCUT2D eigenvalue weighted by molar-refractivity contribution is 7.25. The Bertz CT molecular complexity index is 3300. The second-order valence-corrected chi connectivity index (χ2v) is 16.4. The van der Waals surface area contributed by atoms with E-state index in [4.69, 9.17) is 0 Å². The van der Waals surface area contributed by atoms with Crippen LogP contribution in [0, 0.1) is 0 Å². The number of para-hydroxylation sites is 2. The number of benzene rings is 10. The molecule has 0 aliphatic carbocycles. The predicted octanol–water partition coefficient (Wildman–Crippen LogP) is 17.0. The lowest BCUT2D eigenvalue weighted by atomic mass is 9.94. The van der Waals surface area contributed by atoms with Gasteiger partial charge < -0.3 is 4.90 Å². The molecule has 10 aromatic carbocycles. The Morgan fingerprint density at radius 2 is 0.750 bits per heavy atom. The normalized spacial score (nSPS) is 11.3. The van der Waals surface area contributed by atoms with Crippen LogP contribution in [0.1, 0.15) is 0 Å². The van der Waals surface area contributed by atoms with Gasteiger partial charge in [-0.05, 0) is 104 Å². The molecule has 282 valence electrons. The highest BCUT2D eigenvalue weighted by atomic mass is 32.1. The van der Waals surface area contributed by atoms with Gasteiger partial charge in [0.2, 0.25) is 0 Å². The number of hydrogen-bond acceptors (Lipinski definition) is 2. The third-order valence-corrected chi connectivity index (χ3v) is 12.9. The van der Waals surface area contributed by atoms with Gasteiger partial charge in [0.05, 0.1) is 11.4 Å². The Kier molecular flexibility index (Phi) is 9.11. The summed E-state index contributed by atoms with van der Waals surface area (Å²) in [6.45, 7) is 0. The fourth-order valence-electron chi connectivity index (χ4n) is 8.75. The first kappa shape index (κ1) is 35.6. The Balaban J connectivity index is 1.05. The summed E-state index contributed by atoms with van der Waals surface area (Å²) in [5.74, 6) is 0. The maximum atomic E-state index is 2.44. The van der Waals surface area contributed by atoms with Crippen molar-refractivity contribution in [2.75, 3.05) is 4.90 Å². The number of rotatable bonds is 8. The summed E-state index contributed by atoms with van der Waals surface area (Å²) >= 11 is 1.86. The van der Waals surface area contributed by atoms with Crippen molar-refractivity contribution >= 4 is 59.3 Å². The molecule has 0 aliphatic rings. The molecule has 0 spiro atoms. The summed E-state index contributed by atoms with van der Waals surface area (Å²) in [6, 6.07) is 86.2. The molecule has 0 saturated carbocycles. The maximum Gasteiger partial charge on any atom is 0.0540 e. The SMILES string of the molecule is c1ccc(-c2ccc(-c3ccccc3N(c3ccc(-c4ccc5sc6ccccc6c5c4)cc3)c3ccccc3-c3cccc(-c4cccc5ccccc45)c3)cc2)cc1. The van der Waals surface area contributed by atoms with Gasteiger partial charge in [-0.2, -0.15) is 0 Å². The lowest BCUT2D eigenvalue weighted by molar-refractivity contribution is 1.28. The van der Waals surface area contributed by atoms with E-state index in [0.29, 0.717) is 0 Å². The van der Waals surface area contributed by atoms with Crippen molar-refractivity contribution in [2.24, 2.45) is 0 Å². The van der Waals surface area contributed by atoms with Crippen LogP contribution in [0.15, 0.2) is 237 Å². The Hall–Kier alpha value is -7.52. The average Bonchev–Trinajstić information content (AvgIpc) is 3.70. The van der Waals surface area contributed by atoms with E-state index in [1.807, 2.05) is 11.3 Å². The molecule has 1 nitrogen and oxygen atoms in total. The van der Waals surface area contributed by atoms with Gasteiger partial charge in [0, 0.05) is 37.0 Å². The van der Waals surface area contributed by atoms with Crippen molar-refractivity contribution in [1.82, 2.24) is 0 Å². The summed E-state index contributed by atoms with van der Waals surface area (Å²) in [5.41, 5.74) is 15.2. The third kappa shape index (κ3) is 6.54. The minimum Gasteiger partial charge on any atom is -0.309 e. The van der Waals surface area contributed by atoms with Crippen LogP contribution >= 0.6 is 11.3 Å². The summed E-state index contributed by atoms with van der Waals surface area (Å²) in [6.07, 6.45) is 0. The zero-order valence-electron chi connectivity index (χ0n) is 32.9. The van der Waals surface area contributed by atoms with Gasteiger partial charge in [0.1, 0.15) is 0 Å². The van der Waals surface area contributed by atoms with Gasteiger partial charge >= 0.3 is 0 Å². The minimum absolute atomic E-state index is 1.09. The van der Waals surface area contributed by atoms with E-state index in [0.717, 1.165) is 28.2 Å². The van der Waals surface area contributed by atoms with E-state index in [-0.39, 0.29) is 0 Å². The first-order chi connectivity index (χ1) is 29.7. The number of fused-ring (bicyclic) bond motifs is 4. The molecule has 0 N–H and O–H groups in total. The monoisotopic (exact) mass is 781 g/mol. The number of hydrogen-bond donors (Lipinski definition) is 0. The van der Waals surface area contributed by atoms with Crippen LogP contribution in [0.2, 0.25) is 0 Å². The molecule has 0 aliphatic heterocycles. The van der Waals surface area contributed by atoms with Gasteiger partial charge in [-0.25, -0.2) is 0 Å². The Morgan fingerprint density at radius 3 is 1.53 bits per heavy atom. The van der Waals surface area contributed by atoms with Crippen molar-refractivity contribution in [1.29, 1.82) is 0 Å². The second kappa shape index (κ2) is 15.3. The zero-order valence-corrected chi connectivity index (χ0v) is 33.7. The molecule has 0 amide bonds. The lowest BCUT2D eigenvalue weighted by Gasteiger charge is -2.30. The van der Waals surface area contributed by atoms with E-state index < -0.39 is 0 Å². The highest BCUT2D eigenvalue weighted by Gasteiger charge is 2.21. The van der Waals surface area contributed by atoms with Crippen LogP contribution in [-0.4, -0.2) is 0 Å². The van der Waals surface area contributed by atoms with Crippen LogP contribution in [0.5, 0.6) is 0 Å². The fourth-order valence-corrected chi connectivity index (χ4v) is 9.83. The van der Waals surface area contributed by atoms with Crippen molar-refractivity contribution in [2.45, 2.75) is 0 Å². The molecule has 2 heteroatoms. The molecule has 0 atom stereocenters. The van der Waals surface area contributed by atoms with E-state index in [1.54, 1.807) is 0 Å². The minimum atomic E-state index is 1.09. The van der Waals surface area contributed by atoms with E-state index >= 15 is 0 Å². The Morgan fingerprint density at radius 1 is 0.267 bits per heavy atom. The van der Waals surface area contributed by atoms with Crippen LogP contribution < -0.4 is 4.90 Å². The second-order valence-electron chi connectivity index (χ2n) is 15.3. The first-order valence-corrected chi connectivity index (χ1v) is 21.3. The van der Waals surface area contributed by atoms with E-state index in [2.05, 4.69) is 241 Å². The highest BCUT2D eigenvalue weighted by Crippen LogP contribution is 2.46. The van der Waals surface area contributed by atoms with Crippen LogP contribution in [-0.2, 0) is 0 Å². The van der Waals surface area contributed by atoms with Crippen LogP contribution in [0.3, 0.4) is 0 Å². The fraction of sp³-hybridized carbons (Fsp3) is 0. The van der Waals surface area contributed by atoms with E-state index in [9.17, 15) is 0 Å². The summed E-state index contributed by atoms with van der Waals surface area (Å²) in [7, 11) is 0. The quantitative estimate of drug-likeness (QED) is 0.148. The molecule has 1 heterocycles. The lowest BCUT2D eigenvalue weighted by Crippen LogP contribution is -2.12. The van der Waals surface area contributed by atoms with Gasteiger partial charge in [-0.1, -0.05) is 188 Å². The maximum absolute atomic E-state index is 2.44. The topological polar surface area (TPSA) is 3.24 Å². The number of anilines is 3. The van der Waals surface area contributed by atoms with Crippen molar-refractivity contribution in [3.05, 3.63) is 237 Å². The molecule has 11 rings (SSSR count). The van der Waals surface area contributed by atoms with Gasteiger partial charge in [0.25, 0.3) is 0 Å². The number of thiophene rings is 1.